The summed E-state index contributed by atoms with van der Waals surface area (Å²) in [6.45, 7) is 5.13. The highest BCUT2D eigenvalue weighted by Crippen LogP contribution is 2.31. The Balaban J connectivity index is 2.17. The number of carbonyl (C=O) groups excluding carboxylic acids is 1. The molecule has 8 nitrogen and oxygen atoms in total. The van der Waals surface area contributed by atoms with Gasteiger partial charge < -0.3 is 19.4 Å². The lowest BCUT2D eigenvalue weighted by Gasteiger charge is -2.13. The normalized spacial score (nSPS) is 10.5. The number of aromatic nitrogens is 3. The van der Waals surface area contributed by atoms with Crippen molar-refractivity contribution in [3.8, 4) is 22.9 Å². The van der Waals surface area contributed by atoms with Crippen molar-refractivity contribution in [3.05, 3.63) is 34.2 Å². The van der Waals surface area contributed by atoms with E-state index >= 15 is 0 Å². The van der Waals surface area contributed by atoms with E-state index in [9.17, 15) is 9.59 Å². The van der Waals surface area contributed by atoms with E-state index in [1.165, 1.54) is 0 Å². The number of nitrogens with one attached hydrogen (secondary N) is 1. The molecule has 0 bridgehead atoms. The fraction of sp³-hybridized carbons (Fsp3) is 0.474. The first-order valence-corrected chi connectivity index (χ1v) is 9.01. The van der Waals surface area contributed by atoms with Crippen molar-refractivity contribution in [1.82, 2.24) is 20.1 Å². The van der Waals surface area contributed by atoms with Crippen LogP contribution in [0.1, 0.15) is 32.4 Å². The van der Waals surface area contributed by atoms with Gasteiger partial charge in [0.05, 0.1) is 13.7 Å². The van der Waals surface area contributed by atoms with Gasteiger partial charge in [-0.15, -0.1) is 10.2 Å². The van der Waals surface area contributed by atoms with Crippen molar-refractivity contribution >= 4 is 5.91 Å². The quantitative estimate of drug-likeness (QED) is 0.721. The minimum Gasteiger partial charge on any atom is -0.493 e. The van der Waals surface area contributed by atoms with Gasteiger partial charge in [0.2, 0.25) is 5.91 Å². The average Bonchev–Trinajstić information content (AvgIpc) is 2.70. The molecule has 1 heterocycles. The van der Waals surface area contributed by atoms with Gasteiger partial charge in [-0.25, -0.2) is 0 Å². The number of amides is 1. The molecule has 8 heteroatoms. The maximum absolute atomic E-state index is 12.3. The molecule has 1 N–H and O–H groups in total. The molecule has 0 saturated carbocycles. The SMILES string of the molecule is CCCOc1ccc(-c2nnc(CCC(=O)N(C)CC)c(=O)[nH]2)cc1OC. The van der Waals surface area contributed by atoms with Crippen LogP contribution in [0.5, 0.6) is 11.5 Å². The molecule has 0 aliphatic rings. The molecular formula is C19H26N4O4. The summed E-state index contributed by atoms with van der Waals surface area (Å²) in [6.07, 6.45) is 1.36. The van der Waals surface area contributed by atoms with Crippen molar-refractivity contribution < 1.29 is 14.3 Å². The van der Waals surface area contributed by atoms with Crippen LogP contribution in [0.15, 0.2) is 23.0 Å². The highest BCUT2D eigenvalue weighted by Gasteiger charge is 2.13. The number of carbonyl (C=O) groups is 1. The summed E-state index contributed by atoms with van der Waals surface area (Å²) in [5, 5.41) is 8.10. The molecule has 1 amide bonds. The van der Waals surface area contributed by atoms with Crippen molar-refractivity contribution in [1.29, 1.82) is 0 Å². The molecule has 2 aromatic rings. The van der Waals surface area contributed by atoms with Crippen LogP contribution in [-0.4, -0.2) is 53.3 Å². The number of aromatic amines is 1. The van der Waals surface area contributed by atoms with Gasteiger partial charge in [-0.2, -0.15) is 0 Å². The molecule has 2 rings (SSSR count). The minimum absolute atomic E-state index is 0.0322. The third kappa shape index (κ3) is 5.29. The van der Waals surface area contributed by atoms with Gasteiger partial charge in [-0.3, -0.25) is 9.59 Å². The monoisotopic (exact) mass is 374 g/mol. The molecule has 27 heavy (non-hydrogen) atoms. The van der Waals surface area contributed by atoms with Crippen LogP contribution in [0.25, 0.3) is 11.4 Å². The first kappa shape index (κ1) is 20.4. The third-order valence-electron chi connectivity index (χ3n) is 4.14. The molecule has 0 atom stereocenters. The van der Waals surface area contributed by atoms with E-state index in [4.69, 9.17) is 9.47 Å². The summed E-state index contributed by atoms with van der Waals surface area (Å²) >= 11 is 0. The number of nitrogens with zero attached hydrogens (tertiary/aromatic N) is 3. The standard InChI is InChI=1S/C19H26N4O4/c1-5-11-27-15-9-7-13(12-16(15)26-4)18-20-19(25)14(21-22-18)8-10-17(24)23(3)6-2/h7,9,12H,5-6,8,10-11H2,1-4H3,(H,20,22,25). The Morgan fingerprint density at radius 3 is 2.63 bits per heavy atom. The zero-order chi connectivity index (χ0) is 19.8. The van der Waals surface area contributed by atoms with Crippen LogP contribution in [0.4, 0.5) is 0 Å². The Bertz CT molecular complexity index is 835. The average molecular weight is 374 g/mol. The second kappa shape index (κ2) is 9.70. The van der Waals surface area contributed by atoms with Crippen LogP contribution in [-0.2, 0) is 11.2 Å². The molecule has 146 valence electrons. The van der Waals surface area contributed by atoms with E-state index in [0.29, 0.717) is 36.0 Å². The smallest absolute Gasteiger partial charge is 0.273 e. The van der Waals surface area contributed by atoms with Gasteiger partial charge in [0.1, 0.15) is 5.69 Å². The molecule has 1 aromatic heterocycles. The number of hydrogen-bond acceptors (Lipinski definition) is 6. The number of rotatable bonds is 9. The number of benzene rings is 1. The first-order chi connectivity index (χ1) is 13.0. The predicted octanol–water partition coefficient (Wildman–Crippen LogP) is 2.04. The Morgan fingerprint density at radius 2 is 2.00 bits per heavy atom. The van der Waals surface area contributed by atoms with E-state index in [0.717, 1.165) is 6.42 Å². The maximum Gasteiger partial charge on any atom is 0.273 e. The Hall–Kier alpha value is -2.90. The summed E-state index contributed by atoms with van der Waals surface area (Å²) in [5.74, 6) is 1.49. The molecule has 1 aromatic carbocycles. The number of H-pyrrole nitrogens is 1. The number of aryl methyl sites for hydroxylation is 1. The van der Waals surface area contributed by atoms with Gasteiger partial charge in [-0.1, -0.05) is 6.92 Å². The van der Waals surface area contributed by atoms with Gasteiger partial charge in [0.15, 0.2) is 17.3 Å². The van der Waals surface area contributed by atoms with Crippen LogP contribution in [0, 0.1) is 0 Å². The molecular weight excluding hydrogens is 348 g/mol. The summed E-state index contributed by atoms with van der Waals surface area (Å²) in [6, 6.07) is 5.30. The lowest BCUT2D eigenvalue weighted by molar-refractivity contribution is -0.129. The second-order valence-corrected chi connectivity index (χ2v) is 6.07. The van der Waals surface area contributed by atoms with Gasteiger partial charge in [0, 0.05) is 32.0 Å². The fourth-order valence-corrected chi connectivity index (χ4v) is 2.39. The zero-order valence-electron chi connectivity index (χ0n) is 16.2. The molecule has 0 unspecified atom stereocenters. The summed E-state index contributed by atoms with van der Waals surface area (Å²) < 4.78 is 11.0. The number of ether oxygens (including phenoxy) is 2. The van der Waals surface area contributed by atoms with E-state index in [-0.39, 0.29) is 30.0 Å². The van der Waals surface area contributed by atoms with E-state index in [2.05, 4.69) is 15.2 Å². The topological polar surface area (TPSA) is 97.4 Å². The van der Waals surface area contributed by atoms with Crippen molar-refractivity contribution in [3.63, 3.8) is 0 Å². The maximum atomic E-state index is 12.3. The minimum atomic E-state index is -0.350. The van der Waals surface area contributed by atoms with Gasteiger partial charge >= 0.3 is 0 Å². The Labute approximate surface area is 158 Å². The van der Waals surface area contributed by atoms with Crippen LogP contribution in [0.3, 0.4) is 0 Å². The van der Waals surface area contributed by atoms with E-state index < -0.39 is 0 Å². The molecule has 0 aliphatic heterocycles. The van der Waals surface area contributed by atoms with Crippen LogP contribution < -0.4 is 15.0 Å². The van der Waals surface area contributed by atoms with Gasteiger partial charge in [0.25, 0.3) is 5.56 Å². The van der Waals surface area contributed by atoms with Crippen molar-refractivity contribution in [2.24, 2.45) is 0 Å². The van der Waals surface area contributed by atoms with E-state index in [1.54, 1.807) is 37.3 Å². The van der Waals surface area contributed by atoms with Crippen LogP contribution in [0.2, 0.25) is 0 Å². The molecule has 0 radical (unpaired) electrons. The lowest BCUT2D eigenvalue weighted by Crippen LogP contribution is -2.27. The van der Waals surface area contributed by atoms with Crippen LogP contribution >= 0.6 is 0 Å². The number of hydrogen-bond donors (Lipinski definition) is 1. The van der Waals surface area contributed by atoms with Crippen molar-refractivity contribution in [2.45, 2.75) is 33.1 Å². The third-order valence-corrected chi connectivity index (χ3v) is 4.14. The molecule has 0 fully saturated rings. The first-order valence-electron chi connectivity index (χ1n) is 9.01. The zero-order valence-corrected chi connectivity index (χ0v) is 16.2. The lowest BCUT2D eigenvalue weighted by atomic mass is 10.2. The Morgan fingerprint density at radius 1 is 1.22 bits per heavy atom. The van der Waals surface area contributed by atoms with E-state index in [1.807, 2.05) is 13.8 Å². The fourth-order valence-electron chi connectivity index (χ4n) is 2.39. The highest BCUT2D eigenvalue weighted by molar-refractivity contribution is 5.76. The number of methoxy groups -OCH3 is 1. The predicted molar refractivity (Wildman–Crippen MR) is 102 cm³/mol. The molecule has 0 saturated heterocycles. The second-order valence-electron chi connectivity index (χ2n) is 6.07. The highest BCUT2D eigenvalue weighted by atomic mass is 16.5. The summed E-state index contributed by atoms with van der Waals surface area (Å²) in [4.78, 5) is 28.5. The summed E-state index contributed by atoms with van der Waals surface area (Å²) in [7, 11) is 3.28. The molecule has 0 spiro atoms. The largest absolute Gasteiger partial charge is 0.493 e. The Kier molecular flexibility index (Phi) is 7.34. The van der Waals surface area contributed by atoms with Crippen molar-refractivity contribution in [2.75, 3.05) is 27.3 Å². The van der Waals surface area contributed by atoms with Gasteiger partial charge in [-0.05, 0) is 31.5 Å². The molecule has 0 aliphatic carbocycles. The summed E-state index contributed by atoms with van der Waals surface area (Å²) in [5.41, 5.74) is 0.553.